The molecule has 0 aliphatic carbocycles. The van der Waals surface area contributed by atoms with Crippen LogP contribution in [-0.4, -0.2) is 37.2 Å². The van der Waals surface area contributed by atoms with Gasteiger partial charge < -0.3 is 15.4 Å². The second kappa shape index (κ2) is 9.62. The lowest BCUT2D eigenvalue weighted by atomic mass is 10.1. The molecule has 2 aromatic carbocycles. The molecule has 0 bridgehead atoms. The zero-order valence-corrected chi connectivity index (χ0v) is 15.4. The van der Waals surface area contributed by atoms with Crippen molar-refractivity contribution in [2.75, 3.05) is 24.7 Å². The molecule has 0 fully saturated rings. The molecule has 2 N–H and O–H groups in total. The maximum Gasteiger partial charge on any atom is 0.325 e. The van der Waals surface area contributed by atoms with Crippen LogP contribution >= 0.6 is 11.8 Å². The van der Waals surface area contributed by atoms with Gasteiger partial charge >= 0.3 is 5.97 Å². The zero-order valence-electron chi connectivity index (χ0n) is 14.6. The molecule has 0 aromatic heterocycles. The van der Waals surface area contributed by atoms with E-state index in [2.05, 4.69) is 10.6 Å². The largest absolute Gasteiger partial charge is 0.454 e. The molecule has 2 aromatic rings. The summed E-state index contributed by atoms with van der Waals surface area (Å²) in [5, 5.41) is 5.11. The number of thioether (sulfide) groups is 1. The molecule has 2 amide bonds. The molecule has 7 heteroatoms. The Kier molecular flexibility index (Phi) is 7.23. The third-order valence-corrected chi connectivity index (χ3v) is 4.15. The normalized spacial score (nSPS) is 10.1. The van der Waals surface area contributed by atoms with Gasteiger partial charge in [0.2, 0.25) is 0 Å². The van der Waals surface area contributed by atoms with Crippen LogP contribution in [0.1, 0.15) is 15.9 Å². The minimum absolute atomic E-state index is 0.304. The fraction of sp³-hybridized carbons (Fsp3) is 0.211. The second-order valence-corrected chi connectivity index (χ2v) is 6.37. The van der Waals surface area contributed by atoms with Crippen LogP contribution in [0.3, 0.4) is 0 Å². The number of benzene rings is 2. The summed E-state index contributed by atoms with van der Waals surface area (Å²) in [5.41, 5.74) is 2.12. The lowest BCUT2D eigenvalue weighted by molar-refractivity contribution is -0.146. The van der Waals surface area contributed by atoms with Crippen LogP contribution in [0.4, 0.5) is 5.69 Å². The smallest absolute Gasteiger partial charge is 0.325 e. The van der Waals surface area contributed by atoms with Crippen molar-refractivity contribution in [3.63, 3.8) is 0 Å². The number of carbonyl (C=O) groups is 3. The van der Waals surface area contributed by atoms with Crippen molar-refractivity contribution < 1.29 is 19.1 Å². The number of esters is 1. The highest BCUT2D eigenvalue weighted by molar-refractivity contribution is 7.98. The SMILES string of the molecule is CSc1cccc(NC(=O)COC(=O)CNC(=O)c2ccc(C)cc2)c1. The molecule has 136 valence electrons. The number of amides is 2. The molecular formula is C19H20N2O4S. The van der Waals surface area contributed by atoms with Crippen LogP contribution in [0.15, 0.2) is 53.4 Å². The van der Waals surface area contributed by atoms with Gasteiger partial charge in [0.1, 0.15) is 6.54 Å². The predicted molar refractivity (Wildman–Crippen MR) is 101 cm³/mol. The average Bonchev–Trinajstić information content (AvgIpc) is 2.65. The van der Waals surface area contributed by atoms with E-state index < -0.39 is 18.5 Å². The molecule has 26 heavy (non-hydrogen) atoms. The number of hydrogen-bond donors (Lipinski definition) is 2. The Bertz CT molecular complexity index is 790. The molecule has 0 atom stereocenters. The summed E-state index contributed by atoms with van der Waals surface area (Å²) in [5.74, 6) is -1.50. The van der Waals surface area contributed by atoms with Crippen LogP contribution < -0.4 is 10.6 Å². The highest BCUT2D eigenvalue weighted by Gasteiger charge is 2.11. The lowest BCUT2D eigenvalue weighted by Crippen LogP contribution is -2.32. The molecule has 0 radical (unpaired) electrons. The first kappa shape index (κ1) is 19.5. The monoisotopic (exact) mass is 372 g/mol. The van der Waals surface area contributed by atoms with Gasteiger partial charge in [-0.05, 0) is 43.5 Å². The van der Waals surface area contributed by atoms with E-state index in [1.165, 1.54) is 0 Å². The fourth-order valence-corrected chi connectivity index (χ4v) is 2.51. The Hall–Kier alpha value is -2.80. The summed E-state index contributed by atoms with van der Waals surface area (Å²) in [6, 6.07) is 14.3. The molecule has 0 aliphatic heterocycles. The quantitative estimate of drug-likeness (QED) is 0.577. The second-order valence-electron chi connectivity index (χ2n) is 5.49. The van der Waals surface area contributed by atoms with Gasteiger partial charge in [0.15, 0.2) is 6.61 Å². The van der Waals surface area contributed by atoms with Crippen molar-refractivity contribution in [1.29, 1.82) is 0 Å². The first-order chi connectivity index (χ1) is 12.5. The summed E-state index contributed by atoms with van der Waals surface area (Å²) in [6.45, 7) is 1.20. The first-order valence-corrected chi connectivity index (χ1v) is 9.15. The summed E-state index contributed by atoms with van der Waals surface area (Å²) in [4.78, 5) is 36.4. The standard InChI is InChI=1S/C19H20N2O4S/c1-13-6-8-14(9-7-13)19(24)20-11-18(23)25-12-17(22)21-15-4-3-5-16(10-15)26-2/h3-10H,11-12H2,1-2H3,(H,20,24)(H,21,22). The number of aryl methyl sites for hydroxylation is 1. The van der Waals surface area contributed by atoms with Gasteiger partial charge in [-0.15, -0.1) is 11.8 Å². The maximum atomic E-state index is 11.9. The Labute approximate surface area is 156 Å². The van der Waals surface area contributed by atoms with Gasteiger partial charge in [-0.3, -0.25) is 14.4 Å². The third kappa shape index (κ3) is 6.25. The van der Waals surface area contributed by atoms with Gasteiger partial charge in [-0.1, -0.05) is 23.8 Å². The number of ether oxygens (including phenoxy) is 1. The topological polar surface area (TPSA) is 84.5 Å². The molecule has 0 heterocycles. The van der Waals surface area contributed by atoms with Gasteiger partial charge in [0, 0.05) is 16.1 Å². The van der Waals surface area contributed by atoms with Crippen molar-refractivity contribution in [2.45, 2.75) is 11.8 Å². The molecule has 0 aliphatic rings. The number of carbonyl (C=O) groups excluding carboxylic acids is 3. The van der Waals surface area contributed by atoms with Crippen molar-refractivity contribution in [2.24, 2.45) is 0 Å². The van der Waals surface area contributed by atoms with Crippen molar-refractivity contribution in [3.05, 3.63) is 59.7 Å². The van der Waals surface area contributed by atoms with Crippen LogP contribution in [0.2, 0.25) is 0 Å². The highest BCUT2D eigenvalue weighted by atomic mass is 32.2. The van der Waals surface area contributed by atoms with Crippen molar-refractivity contribution in [3.8, 4) is 0 Å². The third-order valence-electron chi connectivity index (χ3n) is 3.42. The minimum atomic E-state index is -0.682. The first-order valence-electron chi connectivity index (χ1n) is 7.92. The lowest BCUT2D eigenvalue weighted by Gasteiger charge is -2.08. The molecule has 0 saturated carbocycles. The molecule has 0 saturated heterocycles. The van der Waals surface area contributed by atoms with E-state index in [1.807, 2.05) is 43.5 Å². The maximum absolute atomic E-state index is 11.9. The minimum Gasteiger partial charge on any atom is -0.454 e. The molecular weight excluding hydrogens is 352 g/mol. The Morgan fingerprint density at radius 3 is 2.50 bits per heavy atom. The van der Waals surface area contributed by atoms with Gasteiger partial charge in [-0.25, -0.2) is 0 Å². The van der Waals surface area contributed by atoms with E-state index in [4.69, 9.17) is 4.74 Å². The molecule has 6 nitrogen and oxygen atoms in total. The summed E-state index contributed by atoms with van der Waals surface area (Å²) >= 11 is 1.56. The summed E-state index contributed by atoms with van der Waals surface area (Å²) in [7, 11) is 0. The fourth-order valence-electron chi connectivity index (χ4n) is 2.05. The van der Waals surface area contributed by atoms with Crippen LogP contribution in [0.5, 0.6) is 0 Å². The van der Waals surface area contributed by atoms with Crippen LogP contribution in [0, 0.1) is 6.92 Å². The zero-order chi connectivity index (χ0) is 18.9. The number of hydrogen-bond acceptors (Lipinski definition) is 5. The number of anilines is 1. The average molecular weight is 372 g/mol. The van der Waals surface area contributed by atoms with Crippen LogP contribution in [0.25, 0.3) is 0 Å². The van der Waals surface area contributed by atoms with E-state index in [0.717, 1.165) is 10.5 Å². The van der Waals surface area contributed by atoms with Crippen molar-refractivity contribution in [1.82, 2.24) is 5.32 Å². The van der Waals surface area contributed by atoms with Gasteiger partial charge in [-0.2, -0.15) is 0 Å². The Balaban J connectivity index is 1.73. The highest BCUT2D eigenvalue weighted by Crippen LogP contribution is 2.18. The van der Waals surface area contributed by atoms with E-state index in [1.54, 1.807) is 30.0 Å². The summed E-state index contributed by atoms with van der Waals surface area (Å²) in [6.07, 6.45) is 1.94. The predicted octanol–water partition coefficient (Wildman–Crippen LogP) is 2.63. The van der Waals surface area contributed by atoms with E-state index in [9.17, 15) is 14.4 Å². The summed E-state index contributed by atoms with van der Waals surface area (Å²) < 4.78 is 4.87. The Morgan fingerprint density at radius 2 is 1.81 bits per heavy atom. The van der Waals surface area contributed by atoms with E-state index in [-0.39, 0.29) is 12.5 Å². The van der Waals surface area contributed by atoms with Gasteiger partial charge in [0.25, 0.3) is 11.8 Å². The molecule has 0 unspecified atom stereocenters. The van der Waals surface area contributed by atoms with E-state index in [0.29, 0.717) is 11.3 Å². The molecule has 2 rings (SSSR count). The number of nitrogens with one attached hydrogen (secondary N) is 2. The van der Waals surface area contributed by atoms with Crippen molar-refractivity contribution >= 4 is 35.2 Å². The van der Waals surface area contributed by atoms with E-state index >= 15 is 0 Å². The Morgan fingerprint density at radius 1 is 1.08 bits per heavy atom. The molecule has 0 spiro atoms. The van der Waals surface area contributed by atoms with Crippen LogP contribution in [-0.2, 0) is 14.3 Å². The van der Waals surface area contributed by atoms with Gasteiger partial charge in [0.05, 0.1) is 0 Å². The number of rotatable bonds is 7.